The number of nitrogens with zero attached hydrogens (tertiary/aromatic N) is 4. The normalized spacial score (nSPS) is 26.1. The number of anilines is 1. The zero-order valence-electron chi connectivity index (χ0n) is 13.8. The minimum absolute atomic E-state index is 0.134. The molecule has 3 heterocycles. The van der Waals surface area contributed by atoms with Gasteiger partial charge in [0.1, 0.15) is 0 Å². The van der Waals surface area contributed by atoms with Crippen LogP contribution in [0.5, 0.6) is 0 Å². The molecule has 0 aromatic heterocycles. The first-order chi connectivity index (χ1) is 11.7. The molecule has 1 aromatic carbocycles. The number of fused-ring (bicyclic) bond motifs is 2. The number of nitrogens with two attached hydrogens (primary N) is 1. The summed E-state index contributed by atoms with van der Waals surface area (Å²) in [6.45, 7) is 4.37. The van der Waals surface area contributed by atoms with E-state index in [4.69, 9.17) is 10.7 Å². The van der Waals surface area contributed by atoms with Crippen LogP contribution in [-0.2, 0) is 10.5 Å². The lowest BCUT2D eigenvalue weighted by Crippen LogP contribution is -2.55. The Balaban J connectivity index is 1.84. The molecular weight excluding hydrogens is 304 g/mol. The molecule has 1 fully saturated rings. The van der Waals surface area contributed by atoms with Crippen molar-refractivity contribution in [2.75, 3.05) is 24.5 Å². The largest absolute Gasteiger partial charge is 0.370 e. The molecule has 3 aliphatic rings. The van der Waals surface area contributed by atoms with Crippen molar-refractivity contribution in [3.8, 4) is 0 Å². The van der Waals surface area contributed by atoms with Crippen LogP contribution in [0.15, 0.2) is 34.3 Å². The van der Waals surface area contributed by atoms with Crippen LogP contribution >= 0.6 is 0 Å². The van der Waals surface area contributed by atoms with Gasteiger partial charge in [-0.25, -0.2) is 9.98 Å². The van der Waals surface area contributed by atoms with E-state index in [9.17, 15) is 4.79 Å². The van der Waals surface area contributed by atoms with E-state index in [1.807, 2.05) is 31.2 Å². The molecule has 4 rings (SSSR count). The molecule has 0 radical (unpaired) electrons. The van der Waals surface area contributed by atoms with Crippen molar-refractivity contribution in [2.24, 2.45) is 15.7 Å². The summed E-state index contributed by atoms with van der Waals surface area (Å²) < 4.78 is 0. The van der Waals surface area contributed by atoms with Crippen molar-refractivity contribution in [2.45, 2.75) is 31.8 Å². The second kappa shape index (κ2) is 5.51. The first-order valence-corrected chi connectivity index (χ1v) is 8.54. The molecule has 0 aliphatic carbocycles. The smallest absolute Gasteiger partial charge is 0.282 e. The third-order valence-corrected chi connectivity index (χ3v) is 4.88. The maximum atomic E-state index is 13.2. The van der Waals surface area contributed by atoms with E-state index in [0.29, 0.717) is 12.5 Å². The summed E-state index contributed by atoms with van der Waals surface area (Å²) >= 11 is 0. The van der Waals surface area contributed by atoms with Crippen molar-refractivity contribution in [1.29, 1.82) is 0 Å². The molecule has 3 N–H and O–H groups in total. The van der Waals surface area contributed by atoms with E-state index in [1.165, 1.54) is 6.42 Å². The Bertz CT molecular complexity index is 736. The molecule has 1 atom stereocenters. The maximum absolute atomic E-state index is 13.2. The first kappa shape index (κ1) is 15.0. The number of nitrogens with one attached hydrogen (secondary N) is 1. The minimum Gasteiger partial charge on any atom is -0.370 e. The Hall–Kier alpha value is -2.57. The molecule has 1 spiro atoms. The number of amides is 1. The predicted molar refractivity (Wildman–Crippen MR) is 93.8 cm³/mol. The molecule has 1 saturated heterocycles. The third kappa shape index (κ3) is 2.07. The Kier molecular flexibility index (Phi) is 3.44. The van der Waals surface area contributed by atoms with E-state index >= 15 is 0 Å². The average Bonchev–Trinajstić information content (AvgIpc) is 2.83. The van der Waals surface area contributed by atoms with Crippen LogP contribution in [0, 0.1) is 0 Å². The van der Waals surface area contributed by atoms with Gasteiger partial charge in [-0.05, 0) is 32.3 Å². The Morgan fingerprint density at radius 1 is 1.21 bits per heavy atom. The van der Waals surface area contributed by atoms with Crippen molar-refractivity contribution in [3.63, 3.8) is 0 Å². The molecule has 7 heteroatoms. The van der Waals surface area contributed by atoms with Crippen LogP contribution in [0.3, 0.4) is 0 Å². The van der Waals surface area contributed by atoms with E-state index < -0.39 is 5.66 Å². The van der Waals surface area contributed by atoms with Crippen LogP contribution in [0.25, 0.3) is 0 Å². The van der Waals surface area contributed by atoms with Crippen molar-refractivity contribution in [3.05, 3.63) is 29.8 Å². The molecule has 1 aromatic rings. The van der Waals surface area contributed by atoms with Crippen LogP contribution in [-0.4, -0.2) is 42.4 Å². The van der Waals surface area contributed by atoms with Gasteiger partial charge in [-0.1, -0.05) is 18.2 Å². The monoisotopic (exact) mass is 326 g/mol. The highest BCUT2D eigenvalue weighted by atomic mass is 16.2. The topological polar surface area (TPSA) is 86.3 Å². The summed E-state index contributed by atoms with van der Waals surface area (Å²) in [5.41, 5.74) is 6.44. The van der Waals surface area contributed by atoms with Gasteiger partial charge in [0.05, 0.1) is 5.69 Å². The van der Waals surface area contributed by atoms with Gasteiger partial charge >= 0.3 is 0 Å². The quantitative estimate of drug-likeness (QED) is 0.805. The van der Waals surface area contributed by atoms with Gasteiger partial charge in [0.15, 0.2) is 5.96 Å². The highest BCUT2D eigenvalue weighted by Crippen LogP contribution is 2.44. The number of guanidine groups is 2. The molecule has 126 valence electrons. The van der Waals surface area contributed by atoms with Crippen LogP contribution in [0.1, 0.15) is 31.7 Å². The highest BCUT2D eigenvalue weighted by Gasteiger charge is 2.53. The Morgan fingerprint density at radius 2 is 1.96 bits per heavy atom. The van der Waals surface area contributed by atoms with Gasteiger partial charge in [0, 0.05) is 25.2 Å². The van der Waals surface area contributed by atoms with Crippen LogP contribution in [0.4, 0.5) is 5.69 Å². The fourth-order valence-corrected chi connectivity index (χ4v) is 3.73. The van der Waals surface area contributed by atoms with Gasteiger partial charge in [-0.3, -0.25) is 10.1 Å². The van der Waals surface area contributed by atoms with Gasteiger partial charge < -0.3 is 15.5 Å². The van der Waals surface area contributed by atoms with Crippen molar-refractivity contribution < 1.29 is 4.79 Å². The van der Waals surface area contributed by atoms with E-state index in [0.717, 1.165) is 37.2 Å². The molecule has 1 amide bonds. The minimum atomic E-state index is -1.28. The second-order valence-corrected chi connectivity index (χ2v) is 6.34. The zero-order valence-corrected chi connectivity index (χ0v) is 13.8. The third-order valence-electron chi connectivity index (χ3n) is 4.88. The second-order valence-electron chi connectivity index (χ2n) is 6.34. The summed E-state index contributed by atoms with van der Waals surface area (Å²) in [4.78, 5) is 26.3. The highest BCUT2D eigenvalue weighted by molar-refractivity contribution is 6.12. The van der Waals surface area contributed by atoms with Gasteiger partial charge in [0.25, 0.3) is 11.6 Å². The van der Waals surface area contributed by atoms with E-state index in [-0.39, 0.29) is 11.9 Å². The SMILES string of the molecule is CCN1C(=O)[C@@]2(N=C(N)NC(N3CCCCC3)=N2)c2ccccc21. The lowest BCUT2D eigenvalue weighted by atomic mass is 10.0. The lowest BCUT2D eigenvalue weighted by Gasteiger charge is -2.34. The molecule has 0 unspecified atom stereocenters. The number of likely N-dealkylation sites (tertiary alicyclic amines) is 1. The maximum Gasteiger partial charge on any atom is 0.282 e. The summed E-state index contributed by atoms with van der Waals surface area (Å²) in [5.74, 6) is 0.764. The van der Waals surface area contributed by atoms with Gasteiger partial charge in [-0.15, -0.1) is 0 Å². The number of piperidine rings is 1. The van der Waals surface area contributed by atoms with Crippen molar-refractivity contribution >= 4 is 23.5 Å². The number of likely N-dealkylation sites (N-methyl/N-ethyl adjacent to an activating group) is 1. The predicted octanol–water partition coefficient (Wildman–Crippen LogP) is 0.966. The molecule has 0 bridgehead atoms. The molecule has 24 heavy (non-hydrogen) atoms. The summed E-state index contributed by atoms with van der Waals surface area (Å²) in [5, 5.41) is 3.05. The Morgan fingerprint density at radius 3 is 2.71 bits per heavy atom. The fourth-order valence-electron chi connectivity index (χ4n) is 3.73. The molecule has 3 aliphatic heterocycles. The number of para-hydroxylation sites is 1. The Labute approximate surface area is 141 Å². The van der Waals surface area contributed by atoms with Crippen LogP contribution < -0.4 is 16.0 Å². The number of carbonyl (C=O) groups excluding carboxylic acids is 1. The molecule has 0 saturated carbocycles. The van der Waals surface area contributed by atoms with E-state index in [2.05, 4.69) is 15.2 Å². The molecule has 7 nitrogen and oxygen atoms in total. The number of hydrogen-bond acceptors (Lipinski definition) is 6. The lowest BCUT2D eigenvalue weighted by molar-refractivity contribution is -0.122. The molecular formula is C17H22N6O. The number of carbonyl (C=O) groups is 1. The first-order valence-electron chi connectivity index (χ1n) is 8.54. The van der Waals surface area contributed by atoms with Crippen LogP contribution in [0.2, 0.25) is 0 Å². The average molecular weight is 326 g/mol. The summed E-state index contributed by atoms with van der Waals surface area (Å²) in [6, 6.07) is 7.70. The number of rotatable bonds is 1. The zero-order chi connectivity index (χ0) is 16.7. The number of hydrogen-bond donors (Lipinski definition) is 2. The van der Waals surface area contributed by atoms with Gasteiger partial charge in [-0.2, -0.15) is 0 Å². The summed E-state index contributed by atoms with van der Waals surface area (Å²) in [7, 11) is 0. The van der Waals surface area contributed by atoms with Gasteiger partial charge in [0.2, 0.25) is 5.96 Å². The fraction of sp³-hybridized carbons (Fsp3) is 0.471. The number of aliphatic imine (C=N–C) groups is 2. The summed E-state index contributed by atoms with van der Waals surface area (Å²) in [6.07, 6.45) is 3.47. The van der Waals surface area contributed by atoms with E-state index in [1.54, 1.807) is 4.90 Å². The van der Waals surface area contributed by atoms with Crippen molar-refractivity contribution in [1.82, 2.24) is 10.2 Å². The standard InChI is InChI=1S/C17H22N6O/c1-2-23-13-9-5-4-8-12(13)17(14(23)24)20-15(18)19-16(21-17)22-10-6-3-7-11-22/h4-5,8-9H,2-3,6-7,10-11H2,1H3,(H3,18,19,20,21)/t17-/m1/s1. The number of benzene rings is 1.